The number of nitrogens with zero attached hydrogens (tertiary/aromatic N) is 2. The van der Waals surface area contributed by atoms with Gasteiger partial charge in [0.05, 0.1) is 5.56 Å². The number of rotatable bonds is 7. The molecular formula is C25H28N4O2. The number of benzene rings is 2. The smallest absolute Gasteiger partial charge is 0.250 e. The Hall–Kier alpha value is -2.96. The van der Waals surface area contributed by atoms with Gasteiger partial charge in [-0.25, -0.2) is 4.98 Å². The Morgan fingerprint density at radius 2 is 1.81 bits per heavy atom. The Bertz CT molecular complexity index is 1070. The number of hydrogen-bond donors (Lipinski definition) is 2. The second kappa shape index (κ2) is 8.65. The molecule has 0 unspecified atom stereocenters. The largest absolute Gasteiger partial charge is 0.438 e. The molecule has 1 aliphatic carbocycles. The second-order valence-electron chi connectivity index (χ2n) is 8.54. The van der Waals surface area contributed by atoms with E-state index in [-0.39, 0.29) is 0 Å². The average Bonchev–Trinajstić information content (AvgIpc) is 3.65. The van der Waals surface area contributed by atoms with E-state index in [4.69, 9.17) is 10.5 Å². The van der Waals surface area contributed by atoms with Crippen molar-refractivity contribution < 1.29 is 9.53 Å². The molecule has 6 nitrogen and oxygen atoms in total. The van der Waals surface area contributed by atoms with Crippen molar-refractivity contribution in [2.75, 3.05) is 13.1 Å². The van der Waals surface area contributed by atoms with E-state index in [0.717, 1.165) is 23.7 Å². The molecule has 3 aromatic rings. The van der Waals surface area contributed by atoms with Crippen molar-refractivity contribution in [2.45, 2.75) is 44.3 Å². The van der Waals surface area contributed by atoms with E-state index in [9.17, 15) is 4.79 Å². The quantitative estimate of drug-likeness (QED) is 0.612. The number of nitrogens with one attached hydrogen (secondary N) is 1. The van der Waals surface area contributed by atoms with Crippen LogP contribution < -0.4 is 15.8 Å². The fourth-order valence-electron chi connectivity index (χ4n) is 4.44. The highest BCUT2D eigenvalue weighted by atomic mass is 16.5. The predicted octanol–water partition coefficient (Wildman–Crippen LogP) is 3.84. The molecule has 31 heavy (non-hydrogen) atoms. The lowest BCUT2D eigenvalue weighted by Gasteiger charge is -2.32. The third-order valence-corrected chi connectivity index (χ3v) is 6.38. The third-order valence-electron chi connectivity index (χ3n) is 6.38. The van der Waals surface area contributed by atoms with Gasteiger partial charge in [0, 0.05) is 36.3 Å². The zero-order valence-electron chi connectivity index (χ0n) is 17.6. The van der Waals surface area contributed by atoms with E-state index in [1.807, 2.05) is 12.1 Å². The molecule has 160 valence electrons. The highest BCUT2D eigenvalue weighted by molar-refractivity contribution is 5.92. The molecule has 1 saturated heterocycles. The first-order valence-corrected chi connectivity index (χ1v) is 11.1. The van der Waals surface area contributed by atoms with Gasteiger partial charge in [0.15, 0.2) is 0 Å². The summed E-state index contributed by atoms with van der Waals surface area (Å²) in [6.07, 6.45) is 6.67. The summed E-state index contributed by atoms with van der Waals surface area (Å²) >= 11 is 0. The SMILES string of the molecule is NC(=O)c1ccc(Oc2ccc(CNC3CCN(C4CC4)CC3)c3ccccc23)nc1. The lowest BCUT2D eigenvalue weighted by atomic mass is 10.0. The Kier molecular flexibility index (Phi) is 5.57. The van der Waals surface area contributed by atoms with Gasteiger partial charge >= 0.3 is 0 Å². The Balaban J connectivity index is 1.28. The standard InChI is InChI=1S/C25H28N4O2/c26-25(30)18-6-10-24(28-16-18)31-23-9-5-17(21-3-1-2-4-22(21)23)15-27-19-11-13-29(14-12-19)20-7-8-20/h1-6,9-10,16,19-20,27H,7-8,11-15H2,(H2,26,30). The van der Waals surface area contributed by atoms with Gasteiger partial charge in [-0.05, 0) is 61.9 Å². The number of aromatic nitrogens is 1. The van der Waals surface area contributed by atoms with E-state index in [2.05, 4.69) is 39.5 Å². The lowest BCUT2D eigenvalue weighted by molar-refractivity contribution is 0.1000. The Labute approximate surface area is 182 Å². The maximum Gasteiger partial charge on any atom is 0.250 e. The minimum Gasteiger partial charge on any atom is -0.438 e. The number of carbonyl (C=O) groups is 1. The Morgan fingerprint density at radius 3 is 2.48 bits per heavy atom. The summed E-state index contributed by atoms with van der Waals surface area (Å²) < 4.78 is 6.03. The van der Waals surface area contributed by atoms with Crippen molar-refractivity contribution in [1.29, 1.82) is 0 Å². The van der Waals surface area contributed by atoms with Gasteiger partial charge in [0.25, 0.3) is 0 Å². The van der Waals surface area contributed by atoms with Crippen LogP contribution in [-0.2, 0) is 6.54 Å². The van der Waals surface area contributed by atoms with Crippen LogP contribution in [0.3, 0.4) is 0 Å². The van der Waals surface area contributed by atoms with Gasteiger partial charge in [-0.2, -0.15) is 0 Å². The molecule has 0 atom stereocenters. The average molecular weight is 417 g/mol. The fraction of sp³-hybridized carbons (Fsp3) is 0.360. The number of primary amides is 1. The number of fused-ring (bicyclic) bond motifs is 1. The molecule has 5 rings (SSSR count). The summed E-state index contributed by atoms with van der Waals surface area (Å²) in [5.41, 5.74) is 6.92. The summed E-state index contributed by atoms with van der Waals surface area (Å²) in [6, 6.07) is 17.2. The number of carbonyl (C=O) groups excluding carboxylic acids is 1. The molecule has 0 radical (unpaired) electrons. The monoisotopic (exact) mass is 416 g/mol. The first kappa shape index (κ1) is 20.0. The summed E-state index contributed by atoms with van der Waals surface area (Å²) in [7, 11) is 0. The van der Waals surface area contributed by atoms with Crippen LogP contribution in [0.4, 0.5) is 0 Å². The fourth-order valence-corrected chi connectivity index (χ4v) is 4.44. The maximum atomic E-state index is 11.2. The molecular weight excluding hydrogens is 388 g/mol. The number of amides is 1. The first-order valence-electron chi connectivity index (χ1n) is 11.1. The lowest BCUT2D eigenvalue weighted by Crippen LogP contribution is -2.43. The number of hydrogen-bond acceptors (Lipinski definition) is 5. The van der Waals surface area contributed by atoms with Crippen LogP contribution in [0.1, 0.15) is 41.6 Å². The van der Waals surface area contributed by atoms with Crippen molar-refractivity contribution in [2.24, 2.45) is 5.73 Å². The zero-order chi connectivity index (χ0) is 21.2. The summed E-state index contributed by atoms with van der Waals surface area (Å²) in [5.74, 6) is 0.680. The highest BCUT2D eigenvalue weighted by Crippen LogP contribution is 2.32. The molecule has 2 heterocycles. The van der Waals surface area contributed by atoms with Crippen LogP contribution in [0.5, 0.6) is 11.6 Å². The zero-order valence-corrected chi connectivity index (χ0v) is 17.6. The molecule has 2 aromatic carbocycles. The van der Waals surface area contributed by atoms with Crippen molar-refractivity contribution in [3.05, 3.63) is 65.9 Å². The van der Waals surface area contributed by atoms with Crippen LogP contribution in [0.2, 0.25) is 0 Å². The minimum absolute atomic E-state index is 0.363. The van der Waals surface area contributed by atoms with Crippen LogP contribution >= 0.6 is 0 Å². The summed E-state index contributed by atoms with van der Waals surface area (Å²) in [4.78, 5) is 18.1. The Morgan fingerprint density at radius 1 is 1.03 bits per heavy atom. The summed E-state index contributed by atoms with van der Waals surface area (Å²) in [6.45, 7) is 3.29. The number of pyridine rings is 1. The number of piperidine rings is 1. The van der Waals surface area contributed by atoms with E-state index in [1.165, 1.54) is 55.9 Å². The molecule has 1 aromatic heterocycles. The van der Waals surface area contributed by atoms with Gasteiger partial charge in [-0.15, -0.1) is 0 Å². The molecule has 1 aliphatic heterocycles. The van der Waals surface area contributed by atoms with Gasteiger partial charge in [0.2, 0.25) is 11.8 Å². The van der Waals surface area contributed by atoms with Gasteiger partial charge in [-0.3, -0.25) is 4.79 Å². The minimum atomic E-state index is -0.500. The van der Waals surface area contributed by atoms with Crippen molar-refractivity contribution in [3.63, 3.8) is 0 Å². The number of ether oxygens (including phenoxy) is 1. The molecule has 2 aliphatic rings. The van der Waals surface area contributed by atoms with E-state index >= 15 is 0 Å². The molecule has 3 N–H and O–H groups in total. The molecule has 0 bridgehead atoms. The van der Waals surface area contributed by atoms with Gasteiger partial charge < -0.3 is 20.7 Å². The first-order chi connectivity index (χ1) is 15.2. The highest BCUT2D eigenvalue weighted by Gasteiger charge is 2.31. The normalized spacial score (nSPS) is 17.7. The van der Waals surface area contributed by atoms with Crippen LogP contribution in [0, 0.1) is 0 Å². The number of nitrogens with two attached hydrogens (primary N) is 1. The van der Waals surface area contributed by atoms with Crippen LogP contribution in [0.25, 0.3) is 10.8 Å². The van der Waals surface area contributed by atoms with Gasteiger partial charge in [0.1, 0.15) is 5.75 Å². The van der Waals surface area contributed by atoms with Crippen molar-refractivity contribution in [3.8, 4) is 11.6 Å². The van der Waals surface area contributed by atoms with Crippen LogP contribution in [0.15, 0.2) is 54.7 Å². The van der Waals surface area contributed by atoms with E-state index in [1.54, 1.807) is 12.1 Å². The van der Waals surface area contributed by atoms with E-state index in [0.29, 0.717) is 17.5 Å². The van der Waals surface area contributed by atoms with Crippen LogP contribution in [-0.4, -0.2) is 41.0 Å². The molecule has 1 amide bonds. The van der Waals surface area contributed by atoms with E-state index < -0.39 is 5.91 Å². The van der Waals surface area contributed by atoms with Crippen molar-refractivity contribution >= 4 is 16.7 Å². The molecule has 0 spiro atoms. The predicted molar refractivity (Wildman–Crippen MR) is 121 cm³/mol. The molecule has 2 fully saturated rings. The third kappa shape index (κ3) is 4.55. The maximum absolute atomic E-state index is 11.2. The topological polar surface area (TPSA) is 80.5 Å². The summed E-state index contributed by atoms with van der Waals surface area (Å²) in [5, 5.41) is 6.00. The molecule has 1 saturated carbocycles. The number of likely N-dealkylation sites (tertiary alicyclic amines) is 1. The van der Waals surface area contributed by atoms with Gasteiger partial charge in [-0.1, -0.05) is 30.3 Å². The second-order valence-corrected chi connectivity index (χ2v) is 8.54. The molecule has 6 heteroatoms. The van der Waals surface area contributed by atoms with Crippen molar-refractivity contribution in [1.82, 2.24) is 15.2 Å².